The van der Waals surface area contributed by atoms with E-state index in [1.165, 1.54) is 24.5 Å². The lowest BCUT2D eigenvalue weighted by atomic mass is 9.99. The first-order chi connectivity index (χ1) is 15.8. The number of anilines is 1. The summed E-state index contributed by atoms with van der Waals surface area (Å²) in [6, 6.07) is 2.79. The number of benzene rings is 1. The number of amides is 2. The van der Waals surface area contributed by atoms with Crippen molar-refractivity contribution in [3.8, 4) is 5.75 Å². The Hall–Kier alpha value is -3.05. The smallest absolute Gasteiger partial charge is 0.326 e. The van der Waals surface area contributed by atoms with Crippen LogP contribution in [0.3, 0.4) is 0 Å². The molecule has 3 atom stereocenters. The number of imidazole rings is 1. The van der Waals surface area contributed by atoms with Crippen molar-refractivity contribution in [2.45, 2.75) is 45.4 Å². The molecule has 0 spiro atoms. The standard InChI is InChI=1S/C22H31N5O5S/c1-4-13(2)19(22(30)31)27-20(28)14-5-6-17(26-21(29)16(23)7-8-33-3)18(9-14)32-11-15-10-24-12-25-15/h5-6,9-10,12-13,16,19H,4,7-8,11,23H2,1-3H3,(H,24,25)(H,26,29)(H,27,28)(H,30,31)/t13-,16-,19-/m0/s1. The zero-order chi connectivity index (χ0) is 24.4. The zero-order valence-electron chi connectivity index (χ0n) is 19.0. The van der Waals surface area contributed by atoms with Crippen molar-refractivity contribution in [3.05, 3.63) is 42.0 Å². The fraction of sp³-hybridized carbons (Fsp3) is 0.455. The highest BCUT2D eigenvalue weighted by Crippen LogP contribution is 2.27. The van der Waals surface area contributed by atoms with E-state index in [1.54, 1.807) is 24.9 Å². The lowest BCUT2D eigenvalue weighted by Crippen LogP contribution is -2.45. The molecule has 0 unspecified atom stereocenters. The third-order valence-electron chi connectivity index (χ3n) is 5.18. The van der Waals surface area contributed by atoms with E-state index in [-0.39, 0.29) is 29.7 Å². The molecule has 180 valence electrons. The van der Waals surface area contributed by atoms with Crippen LogP contribution in [-0.4, -0.2) is 57.0 Å². The van der Waals surface area contributed by atoms with Crippen molar-refractivity contribution >= 4 is 35.2 Å². The number of aliphatic carboxylic acids is 1. The van der Waals surface area contributed by atoms with Crippen LogP contribution in [0.5, 0.6) is 5.75 Å². The highest BCUT2D eigenvalue weighted by molar-refractivity contribution is 7.98. The first-order valence-corrected chi connectivity index (χ1v) is 12.0. The van der Waals surface area contributed by atoms with E-state index in [9.17, 15) is 19.5 Å². The summed E-state index contributed by atoms with van der Waals surface area (Å²) in [5.74, 6) is -1.27. The number of thioether (sulfide) groups is 1. The van der Waals surface area contributed by atoms with E-state index < -0.39 is 24.0 Å². The maximum atomic E-state index is 12.8. The molecular formula is C22H31N5O5S. The molecule has 0 radical (unpaired) electrons. The number of nitrogens with zero attached hydrogens (tertiary/aromatic N) is 1. The molecule has 11 heteroatoms. The molecule has 0 saturated heterocycles. The van der Waals surface area contributed by atoms with Gasteiger partial charge in [0.25, 0.3) is 5.91 Å². The second kappa shape index (κ2) is 12.9. The van der Waals surface area contributed by atoms with Crippen molar-refractivity contribution in [1.82, 2.24) is 15.3 Å². The maximum absolute atomic E-state index is 12.8. The van der Waals surface area contributed by atoms with Gasteiger partial charge in [-0.25, -0.2) is 9.78 Å². The Morgan fingerprint density at radius 3 is 2.70 bits per heavy atom. The third kappa shape index (κ3) is 7.79. The average molecular weight is 478 g/mol. The van der Waals surface area contributed by atoms with E-state index in [4.69, 9.17) is 10.5 Å². The van der Waals surface area contributed by atoms with Crippen LogP contribution in [0.4, 0.5) is 5.69 Å². The fourth-order valence-electron chi connectivity index (χ4n) is 2.91. The van der Waals surface area contributed by atoms with Crippen LogP contribution in [0, 0.1) is 5.92 Å². The predicted octanol–water partition coefficient (Wildman–Crippen LogP) is 2.24. The molecule has 1 aromatic carbocycles. The molecule has 0 bridgehead atoms. The molecule has 0 aliphatic rings. The van der Waals surface area contributed by atoms with Gasteiger partial charge in [-0.1, -0.05) is 20.3 Å². The summed E-state index contributed by atoms with van der Waals surface area (Å²) in [6.45, 7) is 3.74. The Morgan fingerprint density at radius 1 is 1.33 bits per heavy atom. The number of carboxylic acid groups (broad SMARTS) is 1. The molecule has 1 aromatic heterocycles. The van der Waals surface area contributed by atoms with Gasteiger partial charge in [-0.05, 0) is 42.5 Å². The molecule has 2 rings (SSSR count). The SMILES string of the molecule is CC[C@H](C)[C@H](NC(=O)c1ccc(NC(=O)[C@@H](N)CCSC)c(OCc2cnc[nH]2)c1)C(=O)O. The van der Waals surface area contributed by atoms with Crippen LogP contribution in [0.15, 0.2) is 30.7 Å². The van der Waals surface area contributed by atoms with E-state index in [1.807, 2.05) is 13.2 Å². The number of H-pyrrole nitrogens is 1. The van der Waals surface area contributed by atoms with Gasteiger partial charge in [0.2, 0.25) is 5.91 Å². The van der Waals surface area contributed by atoms with Gasteiger partial charge in [-0.15, -0.1) is 0 Å². The normalized spacial score (nSPS) is 13.6. The molecule has 0 fully saturated rings. The highest BCUT2D eigenvalue weighted by Gasteiger charge is 2.26. The highest BCUT2D eigenvalue weighted by atomic mass is 32.2. The number of nitrogens with one attached hydrogen (secondary N) is 3. The number of carboxylic acids is 1. The molecule has 0 aliphatic heterocycles. The van der Waals surface area contributed by atoms with Gasteiger partial charge in [-0.2, -0.15) is 11.8 Å². The van der Waals surface area contributed by atoms with Crippen molar-refractivity contribution < 1.29 is 24.2 Å². The Balaban J connectivity index is 2.24. The van der Waals surface area contributed by atoms with Gasteiger partial charge in [0.05, 0.1) is 29.9 Å². The molecule has 0 saturated carbocycles. The summed E-state index contributed by atoms with van der Waals surface area (Å²) < 4.78 is 5.83. The minimum Gasteiger partial charge on any atom is -0.485 e. The van der Waals surface area contributed by atoms with E-state index >= 15 is 0 Å². The Bertz CT molecular complexity index is 937. The van der Waals surface area contributed by atoms with Crippen LogP contribution in [0.2, 0.25) is 0 Å². The van der Waals surface area contributed by atoms with Gasteiger partial charge in [0.15, 0.2) is 0 Å². The molecule has 2 amide bonds. The maximum Gasteiger partial charge on any atom is 0.326 e. The second-order valence-electron chi connectivity index (χ2n) is 7.63. The first-order valence-electron chi connectivity index (χ1n) is 10.6. The topological polar surface area (TPSA) is 159 Å². The van der Waals surface area contributed by atoms with Crippen molar-refractivity contribution in [1.29, 1.82) is 0 Å². The van der Waals surface area contributed by atoms with Crippen LogP contribution in [-0.2, 0) is 16.2 Å². The Labute approximate surface area is 197 Å². The molecule has 6 N–H and O–H groups in total. The first kappa shape index (κ1) is 26.2. The fourth-order valence-corrected chi connectivity index (χ4v) is 3.40. The van der Waals surface area contributed by atoms with E-state index in [2.05, 4.69) is 20.6 Å². The summed E-state index contributed by atoms with van der Waals surface area (Å²) in [4.78, 5) is 43.7. The quantitative estimate of drug-likeness (QED) is 0.294. The van der Waals surface area contributed by atoms with Crippen LogP contribution < -0.4 is 21.1 Å². The number of ether oxygens (including phenoxy) is 1. The number of hydrogen-bond acceptors (Lipinski definition) is 7. The molecule has 0 aliphatic carbocycles. The molecule has 1 heterocycles. The lowest BCUT2D eigenvalue weighted by molar-refractivity contribution is -0.140. The van der Waals surface area contributed by atoms with Crippen LogP contribution in [0.1, 0.15) is 42.7 Å². The number of nitrogens with two attached hydrogens (primary N) is 1. The number of rotatable bonds is 13. The lowest BCUT2D eigenvalue weighted by Gasteiger charge is -2.21. The number of carbonyl (C=O) groups is 3. The summed E-state index contributed by atoms with van der Waals surface area (Å²) in [7, 11) is 0. The minimum atomic E-state index is -1.10. The van der Waals surface area contributed by atoms with Crippen LogP contribution >= 0.6 is 11.8 Å². The van der Waals surface area contributed by atoms with Crippen LogP contribution in [0.25, 0.3) is 0 Å². The van der Waals surface area contributed by atoms with Crippen molar-refractivity contribution in [2.24, 2.45) is 11.7 Å². The Morgan fingerprint density at radius 2 is 2.09 bits per heavy atom. The summed E-state index contributed by atoms with van der Waals surface area (Å²) in [5.41, 5.74) is 7.21. The summed E-state index contributed by atoms with van der Waals surface area (Å²) >= 11 is 1.60. The predicted molar refractivity (Wildman–Crippen MR) is 127 cm³/mol. The summed E-state index contributed by atoms with van der Waals surface area (Å²) in [6.07, 6.45) is 6.15. The summed E-state index contributed by atoms with van der Waals surface area (Å²) in [5, 5.41) is 14.8. The Kier molecular flexibility index (Phi) is 10.2. The average Bonchev–Trinajstić information content (AvgIpc) is 3.32. The molecule has 10 nitrogen and oxygen atoms in total. The number of aromatic amines is 1. The van der Waals surface area contributed by atoms with Crippen molar-refractivity contribution in [3.63, 3.8) is 0 Å². The third-order valence-corrected chi connectivity index (χ3v) is 5.82. The second-order valence-corrected chi connectivity index (χ2v) is 8.61. The molecular weight excluding hydrogens is 446 g/mol. The number of carbonyl (C=O) groups excluding carboxylic acids is 2. The molecule has 33 heavy (non-hydrogen) atoms. The van der Waals surface area contributed by atoms with Gasteiger partial charge < -0.3 is 31.2 Å². The largest absolute Gasteiger partial charge is 0.485 e. The number of hydrogen-bond donors (Lipinski definition) is 5. The zero-order valence-corrected chi connectivity index (χ0v) is 19.8. The molecule has 2 aromatic rings. The van der Waals surface area contributed by atoms with E-state index in [0.717, 1.165) is 5.75 Å². The monoisotopic (exact) mass is 477 g/mol. The van der Waals surface area contributed by atoms with Gasteiger partial charge in [0.1, 0.15) is 18.4 Å². The van der Waals surface area contributed by atoms with Gasteiger partial charge in [0, 0.05) is 5.56 Å². The van der Waals surface area contributed by atoms with Crippen molar-refractivity contribution in [2.75, 3.05) is 17.3 Å². The number of aromatic nitrogens is 2. The van der Waals surface area contributed by atoms with Gasteiger partial charge in [-0.3, -0.25) is 9.59 Å². The minimum absolute atomic E-state index is 0.122. The van der Waals surface area contributed by atoms with Gasteiger partial charge >= 0.3 is 5.97 Å². The van der Waals surface area contributed by atoms with E-state index in [0.29, 0.717) is 24.2 Å².